The lowest BCUT2D eigenvalue weighted by Gasteiger charge is -2.15. The number of allylic oxidation sites excluding steroid dienone is 4. The molecule has 0 bridgehead atoms. The maximum Gasteiger partial charge on any atom is 0.472 e. The van der Waals surface area contributed by atoms with Crippen LogP contribution in [0.25, 0.3) is 0 Å². The van der Waals surface area contributed by atoms with E-state index in [1.165, 1.54) is 116 Å². The number of phosphoric ester groups is 1. The van der Waals surface area contributed by atoms with Crippen molar-refractivity contribution < 1.29 is 37.9 Å². The fourth-order valence-corrected chi connectivity index (χ4v) is 6.80. The lowest BCUT2D eigenvalue weighted by Crippen LogP contribution is -2.27. The Labute approximate surface area is 325 Å². The van der Waals surface area contributed by atoms with Crippen molar-refractivity contribution in [2.24, 2.45) is 0 Å². The molecule has 0 rings (SSSR count). The average molecular weight is 772 g/mol. The van der Waals surface area contributed by atoms with E-state index in [2.05, 4.69) is 43.5 Å². The van der Waals surface area contributed by atoms with Gasteiger partial charge in [-0.15, -0.1) is 0 Å². The molecule has 0 fully saturated rings. The van der Waals surface area contributed by atoms with Gasteiger partial charge in [0.2, 0.25) is 5.91 Å². The van der Waals surface area contributed by atoms with Crippen LogP contribution >= 0.6 is 7.82 Å². The largest absolute Gasteiger partial charge is 0.472 e. The zero-order valence-electron chi connectivity index (χ0n) is 34.2. The van der Waals surface area contributed by atoms with Crippen LogP contribution in [0.2, 0.25) is 0 Å². The molecule has 0 aromatic heterocycles. The van der Waals surface area contributed by atoms with Crippen LogP contribution in [0.3, 0.4) is 0 Å². The Morgan fingerprint density at radius 2 is 1.04 bits per heavy atom. The first-order valence-corrected chi connectivity index (χ1v) is 23.3. The molecule has 0 aliphatic heterocycles. The minimum Gasteiger partial charge on any atom is -0.463 e. The molecule has 0 saturated heterocycles. The van der Waals surface area contributed by atoms with Crippen LogP contribution in [0, 0.1) is 0 Å². The van der Waals surface area contributed by atoms with E-state index in [0.717, 1.165) is 64.2 Å². The first-order valence-electron chi connectivity index (χ1n) is 21.8. The third kappa shape index (κ3) is 41.5. The maximum atomic E-state index is 12.1. The SMILES string of the molecule is CCCC/C=C\C/C=C\CCCCCCCC(=O)OCC(O)COP(=O)(O)OCCNC(=O)CCCCCCCCCCCCCCCCCCCC. The smallest absolute Gasteiger partial charge is 0.463 e. The van der Waals surface area contributed by atoms with Crippen molar-refractivity contribution in [2.45, 2.75) is 213 Å². The maximum absolute atomic E-state index is 12.1. The van der Waals surface area contributed by atoms with Crippen molar-refractivity contribution in [1.29, 1.82) is 0 Å². The highest BCUT2D eigenvalue weighted by Gasteiger charge is 2.23. The zero-order chi connectivity index (χ0) is 38.9. The minimum atomic E-state index is -4.41. The highest BCUT2D eigenvalue weighted by molar-refractivity contribution is 7.47. The first-order chi connectivity index (χ1) is 25.8. The topological polar surface area (TPSA) is 131 Å². The molecule has 0 saturated carbocycles. The lowest BCUT2D eigenvalue weighted by atomic mass is 10.0. The summed E-state index contributed by atoms with van der Waals surface area (Å²) in [4.78, 5) is 33.9. The number of esters is 1. The normalized spacial score (nSPS) is 13.5. The van der Waals surface area contributed by atoms with E-state index in [9.17, 15) is 24.2 Å². The number of phosphoric acid groups is 1. The number of unbranched alkanes of at least 4 members (excludes halogenated alkanes) is 24. The van der Waals surface area contributed by atoms with Gasteiger partial charge in [0.05, 0.1) is 13.2 Å². The van der Waals surface area contributed by atoms with Crippen LogP contribution in [0.15, 0.2) is 24.3 Å². The van der Waals surface area contributed by atoms with Crippen LogP contribution in [-0.2, 0) is 27.9 Å². The predicted molar refractivity (Wildman–Crippen MR) is 220 cm³/mol. The summed E-state index contributed by atoms with van der Waals surface area (Å²) in [6, 6.07) is 0. The second-order valence-electron chi connectivity index (χ2n) is 14.7. The van der Waals surface area contributed by atoms with Gasteiger partial charge in [-0.25, -0.2) is 4.57 Å². The van der Waals surface area contributed by atoms with Crippen molar-refractivity contribution in [3.8, 4) is 0 Å². The van der Waals surface area contributed by atoms with Crippen LogP contribution in [0.5, 0.6) is 0 Å². The van der Waals surface area contributed by atoms with Gasteiger partial charge in [0, 0.05) is 19.4 Å². The van der Waals surface area contributed by atoms with Gasteiger partial charge in [-0.1, -0.05) is 179 Å². The number of amides is 1. The van der Waals surface area contributed by atoms with E-state index in [4.69, 9.17) is 13.8 Å². The summed E-state index contributed by atoms with van der Waals surface area (Å²) < 4.78 is 26.8. The van der Waals surface area contributed by atoms with Crippen LogP contribution < -0.4 is 5.32 Å². The zero-order valence-corrected chi connectivity index (χ0v) is 35.1. The van der Waals surface area contributed by atoms with Crippen molar-refractivity contribution >= 4 is 19.7 Å². The molecule has 3 N–H and O–H groups in total. The molecule has 0 aliphatic carbocycles. The lowest BCUT2D eigenvalue weighted by molar-refractivity contribution is -0.147. The van der Waals surface area contributed by atoms with Crippen LogP contribution in [0.1, 0.15) is 206 Å². The first kappa shape index (κ1) is 51.5. The van der Waals surface area contributed by atoms with E-state index < -0.39 is 26.5 Å². The Morgan fingerprint density at radius 1 is 0.585 bits per heavy atom. The van der Waals surface area contributed by atoms with Gasteiger partial charge < -0.3 is 20.1 Å². The molecule has 0 aromatic rings. The number of aliphatic hydroxyl groups excluding tert-OH is 1. The molecule has 9 nitrogen and oxygen atoms in total. The highest BCUT2D eigenvalue weighted by atomic mass is 31.2. The molecule has 2 atom stereocenters. The van der Waals surface area contributed by atoms with E-state index >= 15 is 0 Å². The van der Waals surface area contributed by atoms with Crippen LogP contribution in [-0.4, -0.2) is 54.3 Å². The third-order valence-corrected chi connectivity index (χ3v) is 10.4. The number of carbonyl (C=O) groups excluding carboxylic acids is 2. The Balaban J connectivity index is 3.58. The molecule has 0 aliphatic rings. The Bertz CT molecular complexity index is 928. The molecule has 0 aromatic carbocycles. The average Bonchev–Trinajstić information content (AvgIpc) is 3.14. The number of hydrogen-bond donors (Lipinski definition) is 3. The van der Waals surface area contributed by atoms with Gasteiger partial charge in [0.25, 0.3) is 0 Å². The fraction of sp³-hybridized carbons (Fsp3) is 0.860. The molecular weight excluding hydrogens is 689 g/mol. The summed E-state index contributed by atoms with van der Waals surface area (Å²) in [5.41, 5.74) is 0. The minimum absolute atomic E-state index is 0.0834. The number of rotatable bonds is 41. The van der Waals surface area contributed by atoms with Crippen molar-refractivity contribution in [3.05, 3.63) is 24.3 Å². The summed E-state index contributed by atoms with van der Waals surface area (Å²) in [7, 11) is -4.41. The van der Waals surface area contributed by atoms with Gasteiger partial charge in [-0.05, 0) is 38.5 Å². The second-order valence-corrected chi connectivity index (χ2v) is 16.1. The molecule has 312 valence electrons. The molecule has 2 unspecified atom stereocenters. The third-order valence-electron chi connectivity index (χ3n) is 9.38. The molecule has 53 heavy (non-hydrogen) atoms. The van der Waals surface area contributed by atoms with E-state index in [0.29, 0.717) is 6.42 Å². The van der Waals surface area contributed by atoms with E-state index in [-0.39, 0.29) is 32.1 Å². The fourth-order valence-electron chi connectivity index (χ4n) is 6.04. The highest BCUT2D eigenvalue weighted by Crippen LogP contribution is 2.42. The van der Waals surface area contributed by atoms with Crippen molar-refractivity contribution in [3.63, 3.8) is 0 Å². The number of aliphatic hydroxyl groups is 1. The Kier molecular flexibility index (Phi) is 39.0. The number of carbonyl (C=O) groups is 2. The van der Waals surface area contributed by atoms with Crippen molar-refractivity contribution in [1.82, 2.24) is 5.32 Å². The predicted octanol–water partition coefficient (Wildman–Crippen LogP) is 12.0. The van der Waals surface area contributed by atoms with Gasteiger partial charge in [0.15, 0.2) is 0 Å². The molecule has 1 amide bonds. The monoisotopic (exact) mass is 772 g/mol. The number of hydrogen-bond acceptors (Lipinski definition) is 7. The second kappa shape index (κ2) is 40.2. The molecular formula is C43H82NO8P. The standard InChI is InChI=1S/C43H82NO8P/c1-3-5-7-9-11-13-15-17-19-20-21-22-23-25-27-29-31-33-35-42(46)44-37-38-51-53(48,49)52-40-41(45)39-50-43(47)36-34-32-30-28-26-24-18-16-14-12-10-8-6-4-2/h10,12,16,18,41,45H,3-9,11,13-15,17,19-40H2,1-2H3,(H,44,46)(H,48,49)/b12-10-,18-16-. The molecule has 10 heteroatoms. The Hall–Kier alpha value is -1.51. The number of ether oxygens (including phenoxy) is 1. The summed E-state index contributed by atoms with van der Waals surface area (Å²) in [5.74, 6) is -0.524. The molecule has 0 spiro atoms. The van der Waals surface area contributed by atoms with Crippen LogP contribution in [0.4, 0.5) is 0 Å². The van der Waals surface area contributed by atoms with Gasteiger partial charge in [-0.3, -0.25) is 18.6 Å². The molecule has 0 heterocycles. The summed E-state index contributed by atoms with van der Waals surface area (Å²) in [5, 5.41) is 12.7. The number of nitrogens with one attached hydrogen (secondary N) is 1. The van der Waals surface area contributed by atoms with Crippen molar-refractivity contribution in [2.75, 3.05) is 26.4 Å². The summed E-state index contributed by atoms with van der Waals surface area (Å²) >= 11 is 0. The molecule has 0 radical (unpaired) electrons. The van der Waals surface area contributed by atoms with E-state index in [1.807, 2.05) is 0 Å². The van der Waals surface area contributed by atoms with Gasteiger partial charge in [0.1, 0.15) is 12.7 Å². The quantitative estimate of drug-likeness (QED) is 0.0242. The summed E-state index contributed by atoms with van der Waals surface area (Å²) in [6.45, 7) is 3.52. The van der Waals surface area contributed by atoms with E-state index in [1.54, 1.807) is 0 Å². The Morgan fingerprint density at radius 3 is 1.57 bits per heavy atom. The van der Waals surface area contributed by atoms with Gasteiger partial charge >= 0.3 is 13.8 Å². The summed E-state index contributed by atoms with van der Waals surface area (Å²) in [6.07, 6.45) is 42.5. The van der Waals surface area contributed by atoms with Gasteiger partial charge in [-0.2, -0.15) is 0 Å².